The van der Waals surface area contributed by atoms with Crippen LogP contribution in [0.2, 0.25) is 0 Å². The van der Waals surface area contributed by atoms with Gasteiger partial charge in [0.1, 0.15) is 5.75 Å². The summed E-state index contributed by atoms with van der Waals surface area (Å²) < 4.78 is 0. The Morgan fingerprint density at radius 1 is 1.10 bits per heavy atom. The van der Waals surface area contributed by atoms with Crippen LogP contribution in [0.15, 0.2) is 48.5 Å². The zero-order valence-electron chi connectivity index (χ0n) is 11.1. The van der Waals surface area contributed by atoms with Gasteiger partial charge in [-0.25, -0.2) is 0 Å². The number of rotatable bonds is 3. The van der Waals surface area contributed by atoms with Crippen molar-refractivity contribution in [2.24, 2.45) is 0 Å². The molecule has 21 heavy (non-hydrogen) atoms. The number of halogens is 1. The Balaban J connectivity index is 0.00000220. The molecule has 0 unspecified atom stereocenters. The quantitative estimate of drug-likeness (QED) is 0.398. The van der Waals surface area contributed by atoms with Crippen LogP contribution in [-0.2, 0) is 4.79 Å². The number of anilines is 3. The van der Waals surface area contributed by atoms with Crippen molar-refractivity contribution in [2.75, 3.05) is 16.8 Å². The first kappa shape index (κ1) is 16.4. The van der Waals surface area contributed by atoms with E-state index in [0.29, 0.717) is 22.6 Å². The number of benzene rings is 2. The van der Waals surface area contributed by atoms with Crippen molar-refractivity contribution in [1.82, 2.24) is 0 Å². The average molecular weight is 306 g/mol. The Labute approximate surface area is 128 Å². The van der Waals surface area contributed by atoms with Crippen LogP contribution in [0.5, 0.6) is 5.75 Å². The SMILES string of the molecule is Cl.Nc1cccc(NC(=O)C=Cc2cc(N)ccc2O)c1. The summed E-state index contributed by atoms with van der Waals surface area (Å²) in [5.74, 6) is -0.260. The number of phenols is 1. The van der Waals surface area contributed by atoms with E-state index in [1.807, 2.05) is 0 Å². The fourth-order valence-corrected chi connectivity index (χ4v) is 1.67. The third-order valence-electron chi connectivity index (χ3n) is 2.62. The van der Waals surface area contributed by atoms with Gasteiger partial charge in [0.2, 0.25) is 5.91 Å². The molecule has 0 aliphatic rings. The van der Waals surface area contributed by atoms with Crippen LogP contribution in [0.1, 0.15) is 5.56 Å². The number of carbonyl (C=O) groups is 1. The number of hydrogen-bond donors (Lipinski definition) is 4. The third-order valence-corrected chi connectivity index (χ3v) is 2.62. The molecule has 0 radical (unpaired) electrons. The highest BCUT2D eigenvalue weighted by molar-refractivity contribution is 6.02. The van der Waals surface area contributed by atoms with Gasteiger partial charge >= 0.3 is 0 Å². The summed E-state index contributed by atoms with van der Waals surface area (Å²) in [5.41, 5.74) is 13.4. The number of nitrogens with two attached hydrogens (primary N) is 2. The van der Waals surface area contributed by atoms with Crippen LogP contribution in [0, 0.1) is 0 Å². The van der Waals surface area contributed by atoms with Crippen LogP contribution in [0.3, 0.4) is 0 Å². The highest BCUT2D eigenvalue weighted by atomic mass is 35.5. The molecule has 0 aliphatic carbocycles. The molecule has 2 aromatic carbocycles. The smallest absolute Gasteiger partial charge is 0.248 e. The van der Waals surface area contributed by atoms with Crippen molar-refractivity contribution >= 4 is 41.5 Å². The Kier molecular flexibility index (Phi) is 5.63. The molecule has 0 aliphatic heterocycles. The molecule has 6 N–H and O–H groups in total. The van der Waals surface area contributed by atoms with E-state index in [1.54, 1.807) is 36.4 Å². The molecule has 0 fully saturated rings. The maximum atomic E-state index is 11.7. The van der Waals surface area contributed by atoms with Gasteiger partial charge in [-0.3, -0.25) is 4.79 Å². The normalized spacial score (nSPS) is 10.1. The van der Waals surface area contributed by atoms with Crippen LogP contribution in [0.4, 0.5) is 17.1 Å². The molecule has 0 saturated heterocycles. The second-order valence-corrected chi connectivity index (χ2v) is 4.27. The fraction of sp³-hybridized carbons (Fsp3) is 0. The average Bonchev–Trinajstić information content (AvgIpc) is 2.40. The summed E-state index contributed by atoms with van der Waals surface area (Å²) in [6.07, 6.45) is 2.81. The minimum Gasteiger partial charge on any atom is -0.507 e. The lowest BCUT2D eigenvalue weighted by molar-refractivity contribution is -0.111. The Morgan fingerprint density at radius 2 is 1.81 bits per heavy atom. The van der Waals surface area contributed by atoms with Crippen molar-refractivity contribution in [3.63, 3.8) is 0 Å². The second-order valence-electron chi connectivity index (χ2n) is 4.27. The van der Waals surface area contributed by atoms with Gasteiger partial charge in [-0.2, -0.15) is 0 Å². The van der Waals surface area contributed by atoms with Crippen LogP contribution < -0.4 is 16.8 Å². The maximum Gasteiger partial charge on any atom is 0.248 e. The van der Waals surface area contributed by atoms with Gasteiger partial charge in [-0.1, -0.05) is 6.07 Å². The first-order valence-electron chi connectivity index (χ1n) is 5.98. The lowest BCUT2D eigenvalue weighted by Crippen LogP contribution is -2.07. The first-order valence-corrected chi connectivity index (χ1v) is 5.98. The number of aromatic hydroxyl groups is 1. The molecule has 2 rings (SSSR count). The highest BCUT2D eigenvalue weighted by Gasteiger charge is 2.01. The lowest BCUT2D eigenvalue weighted by atomic mass is 10.1. The van der Waals surface area contributed by atoms with Gasteiger partial charge in [0.05, 0.1) is 0 Å². The number of amides is 1. The Hall–Kier alpha value is -2.66. The van der Waals surface area contributed by atoms with E-state index in [9.17, 15) is 9.90 Å². The summed E-state index contributed by atoms with van der Waals surface area (Å²) in [6, 6.07) is 11.5. The number of phenolic OH excluding ortho intramolecular Hbond substituents is 1. The molecule has 5 nitrogen and oxygen atoms in total. The predicted molar refractivity (Wildman–Crippen MR) is 88.3 cm³/mol. The molecule has 110 valence electrons. The van der Waals surface area contributed by atoms with Gasteiger partial charge in [0, 0.05) is 28.7 Å². The molecule has 1 amide bonds. The van der Waals surface area contributed by atoms with E-state index >= 15 is 0 Å². The molecule has 0 atom stereocenters. The maximum absolute atomic E-state index is 11.7. The van der Waals surface area contributed by atoms with Gasteiger partial charge in [0.25, 0.3) is 0 Å². The topological polar surface area (TPSA) is 101 Å². The number of nitrogen functional groups attached to an aromatic ring is 2. The van der Waals surface area contributed by atoms with E-state index in [-0.39, 0.29) is 24.1 Å². The van der Waals surface area contributed by atoms with E-state index in [1.165, 1.54) is 18.2 Å². The van der Waals surface area contributed by atoms with E-state index in [2.05, 4.69) is 5.32 Å². The largest absolute Gasteiger partial charge is 0.507 e. The highest BCUT2D eigenvalue weighted by Crippen LogP contribution is 2.21. The first-order chi connectivity index (χ1) is 9.54. The van der Waals surface area contributed by atoms with Gasteiger partial charge in [0.15, 0.2) is 0 Å². The molecule has 0 bridgehead atoms. The summed E-state index contributed by atoms with van der Waals surface area (Å²) in [6.45, 7) is 0. The lowest BCUT2D eigenvalue weighted by Gasteiger charge is -2.03. The third kappa shape index (κ3) is 4.74. The molecular weight excluding hydrogens is 290 g/mol. The summed E-state index contributed by atoms with van der Waals surface area (Å²) in [7, 11) is 0. The van der Waals surface area contributed by atoms with Crippen LogP contribution in [-0.4, -0.2) is 11.0 Å². The van der Waals surface area contributed by atoms with Crippen LogP contribution in [0.25, 0.3) is 6.08 Å². The molecular formula is C15H16ClN3O2. The van der Waals surface area contributed by atoms with E-state index in [4.69, 9.17) is 11.5 Å². The predicted octanol–water partition coefficient (Wildman–Crippen LogP) is 2.63. The second kappa shape index (κ2) is 7.21. The molecule has 6 heteroatoms. The standard InChI is InChI=1S/C15H15N3O2.ClH/c16-11-2-1-3-13(9-11)18-15(20)7-4-10-8-12(17)5-6-14(10)19;/h1-9,19H,16-17H2,(H,18,20);1H. The van der Waals surface area contributed by atoms with Crippen molar-refractivity contribution in [3.05, 3.63) is 54.1 Å². The molecule has 0 spiro atoms. The number of nitrogens with one attached hydrogen (secondary N) is 1. The molecule has 0 aromatic heterocycles. The molecule has 2 aromatic rings. The van der Waals surface area contributed by atoms with Crippen LogP contribution >= 0.6 is 12.4 Å². The summed E-state index contributed by atoms with van der Waals surface area (Å²) in [4.78, 5) is 11.7. The van der Waals surface area contributed by atoms with Gasteiger partial charge in [-0.15, -0.1) is 12.4 Å². The summed E-state index contributed by atoms with van der Waals surface area (Å²) in [5, 5.41) is 12.3. The zero-order valence-corrected chi connectivity index (χ0v) is 11.9. The summed E-state index contributed by atoms with van der Waals surface area (Å²) >= 11 is 0. The zero-order chi connectivity index (χ0) is 14.5. The van der Waals surface area contributed by atoms with Crippen molar-refractivity contribution < 1.29 is 9.90 Å². The van der Waals surface area contributed by atoms with E-state index < -0.39 is 0 Å². The monoisotopic (exact) mass is 305 g/mol. The molecule has 0 heterocycles. The van der Waals surface area contributed by atoms with Crippen molar-refractivity contribution in [3.8, 4) is 5.75 Å². The Bertz CT molecular complexity index is 672. The van der Waals surface area contributed by atoms with Crippen molar-refractivity contribution in [1.29, 1.82) is 0 Å². The van der Waals surface area contributed by atoms with Gasteiger partial charge in [-0.05, 0) is 42.5 Å². The number of hydrogen-bond acceptors (Lipinski definition) is 4. The minimum atomic E-state index is -0.322. The Morgan fingerprint density at radius 3 is 2.52 bits per heavy atom. The fourth-order valence-electron chi connectivity index (χ4n) is 1.67. The van der Waals surface area contributed by atoms with Gasteiger partial charge < -0.3 is 21.9 Å². The minimum absolute atomic E-state index is 0. The van der Waals surface area contributed by atoms with Crippen molar-refractivity contribution in [2.45, 2.75) is 0 Å². The van der Waals surface area contributed by atoms with E-state index in [0.717, 1.165) is 0 Å². The number of carbonyl (C=O) groups excluding carboxylic acids is 1. The molecule has 0 saturated carbocycles.